The van der Waals surface area contributed by atoms with Crippen LogP contribution >= 0.6 is 0 Å². The molecule has 0 unspecified atom stereocenters. The second-order valence-electron chi connectivity index (χ2n) is 3.20. The van der Waals surface area contributed by atoms with E-state index in [1.807, 2.05) is 11.5 Å². The minimum Gasteiger partial charge on any atom is -0.314 e. The van der Waals surface area contributed by atoms with Crippen LogP contribution in [0, 0.1) is 5.82 Å². The molecule has 0 atom stereocenters. The normalized spacial score (nSPS) is 10.5. The lowest BCUT2D eigenvalue weighted by Gasteiger charge is -2.04. The number of nitrogens with zero attached hydrogens (tertiary/aromatic N) is 4. The molecule has 0 spiro atoms. The molecule has 2 heterocycles. The van der Waals surface area contributed by atoms with Crippen molar-refractivity contribution in [2.45, 2.75) is 19.9 Å². The molecule has 0 saturated heterocycles. The first kappa shape index (κ1) is 9.76. The SMILES string of the molecule is CCCn1cnnc1-c1ccncc1F. The Morgan fingerprint density at radius 3 is 3.07 bits per heavy atom. The van der Waals surface area contributed by atoms with Gasteiger partial charge < -0.3 is 4.57 Å². The Morgan fingerprint density at radius 1 is 1.47 bits per heavy atom. The number of hydrogen-bond acceptors (Lipinski definition) is 3. The highest BCUT2D eigenvalue weighted by molar-refractivity contribution is 5.54. The summed E-state index contributed by atoms with van der Waals surface area (Å²) in [4.78, 5) is 3.70. The Labute approximate surface area is 86.8 Å². The van der Waals surface area contributed by atoms with Crippen LogP contribution in [0.2, 0.25) is 0 Å². The highest BCUT2D eigenvalue weighted by Gasteiger charge is 2.10. The molecule has 0 radical (unpaired) electrons. The summed E-state index contributed by atoms with van der Waals surface area (Å²) in [6.45, 7) is 2.83. The van der Waals surface area contributed by atoms with Crippen LogP contribution in [0.4, 0.5) is 4.39 Å². The van der Waals surface area contributed by atoms with Crippen molar-refractivity contribution in [3.63, 3.8) is 0 Å². The molecule has 0 saturated carbocycles. The van der Waals surface area contributed by atoms with Gasteiger partial charge in [-0.2, -0.15) is 0 Å². The van der Waals surface area contributed by atoms with Gasteiger partial charge in [0.05, 0.1) is 11.8 Å². The zero-order chi connectivity index (χ0) is 10.7. The summed E-state index contributed by atoms with van der Waals surface area (Å²) >= 11 is 0. The predicted molar refractivity (Wildman–Crippen MR) is 53.5 cm³/mol. The van der Waals surface area contributed by atoms with Crippen LogP contribution in [0.5, 0.6) is 0 Å². The standard InChI is InChI=1S/C10H11FN4/c1-2-5-15-7-13-14-10(15)8-3-4-12-6-9(8)11/h3-4,6-7H,2,5H2,1H3. The Kier molecular flexibility index (Phi) is 2.71. The fraction of sp³-hybridized carbons (Fsp3) is 0.300. The van der Waals surface area contributed by atoms with Crippen molar-refractivity contribution in [1.29, 1.82) is 0 Å². The minimum atomic E-state index is -0.372. The van der Waals surface area contributed by atoms with E-state index in [1.165, 1.54) is 6.20 Å². The molecule has 0 aliphatic rings. The molecule has 2 aromatic rings. The summed E-state index contributed by atoms with van der Waals surface area (Å²) in [5.41, 5.74) is 0.441. The lowest BCUT2D eigenvalue weighted by molar-refractivity contribution is 0.618. The highest BCUT2D eigenvalue weighted by atomic mass is 19.1. The zero-order valence-corrected chi connectivity index (χ0v) is 8.39. The summed E-state index contributed by atoms with van der Waals surface area (Å²) < 4.78 is 15.3. The van der Waals surface area contributed by atoms with Crippen molar-refractivity contribution in [2.24, 2.45) is 0 Å². The maximum absolute atomic E-state index is 13.4. The minimum absolute atomic E-state index is 0.372. The van der Waals surface area contributed by atoms with Crippen molar-refractivity contribution in [3.05, 3.63) is 30.6 Å². The monoisotopic (exact) mass is 206 g/mol. The largest absolute Gasteiger partial charge is 0.314 e. The van der Waals surface area contributed by atoms with Crippen LogP contribution in [0.15, 0.2) is 24.8 Å². The molecular weight excluding hydrogens is 195 g/mol. The van der Waals surface area contributed by atoms with Gasteiger partial charge in [-0.1, -0.05) is 6.92 Å². The molecule has 78 valence electrons. The maximum Gasteiger partial charge on any atom is 0.166 e. The van der Waals surface area contributed by atoms with Gasteiger partial charge in [-0.05, 0) is 12.5 Å². The van der Waals surface area contributed by atoms with E-state index in [-0.39, 0.29) is 5.82 Å². The predicted octanol–water partition coefficient (Wildman–Crippen LogP) is 1.89. The van der Waals surface area contributed by atoms with Gasteiger partial charge in [0.2, 0.25) is 0 Å². The number of hydrogen-bond donors (Lipinski definition) is 0. The lowest BCUT2D eigenvalue weighted by atomic mass is 10.2. The fourth-order valence-corrected chi connectivity index (χ4v) is 1.42. The van der Waals surface area contributed by atoms with Crippen LogP contribution in [-0.4, -0.2) is 19.7 Å². The van der Waals surface area contributed by atoms with Crippen LogP contribution < -0.4 is 0 Å². The lowest BCUT2D eigenvalue weighted by Crippen LogP contribution is -1.99. The Hall–Kier alpha value is -1.78. The molecule has 5 heteroatoms. The molecule has 0 fully saturated rings. The Bertz CT molecular complexity index is 452. The summed E-state index contributed by atoms with van der Waals surface area (Å²) in [5, 5.41) is 7.70. The average Bonchev–Trinajstić information content (AvgIpc) is 2.67. The number of aromatic nitrogens is 4. The topological polar surface area (TPSA) is 43.6 Å². The first-order chi connectivity index (χ1) is 7.33. The summed E-state index contributed by atoms with van der Waals surface area (Å²) in [6, 6.07) is 1.60. The van der Waals surface area contributed by atoms with Crippen molar-refractivity contribution < 1.29 is 4.39 Å². The van der Waals surface area contributed by atoms with Gasteiger partial charge in [-0.25, -0.2) is 4.39 Å². The van der Waals surface area contributed by atoms with Crippen LogP contribution in [0.3, 0.4) is 0 Å². The first-order valence-electron chi connectivity index (χ1n) is 4.80. The highest BCUT2D eigenvalue weighted by Crippen LogP contribution is 2.19. The second-order valence-corrected chi connectivity index (χ2v) is 3.20. The fourth-order valence-electron chi connectivity index (χ4n) is 1.42. The van der Waals surface area contributed by atoms with Crippen LogP contribution in [-0.2, 0) is 6.54 Å². The van der Waals surface area contributed by atoms with Gasteiger partial charge in [-0.3, -0.25) is 4.98 Å². The number of aryl methyl sites for hydroxylation is 1. The number of pyridine rings is 1. The van der Waals surface area contributed by atoms with Gasteiger partial charge in [0.1, 0.15) is 6.33 Å². The van der Waals surface area contributed by atoms with Crippen molar-refractivity contribution in [1.82, 2.24) is 19.7 Å². The third-order valence-corrected chi connectivity index (χ3v) is 2.09. The van der Waals surface area contributed by atoms with E-state index in [0.29, 0.717) is 11.4 Å². The molecule has 4 nitrogen and oxygen atoms in total. The molecule has 15 heavy (non-hydrogen) atoms. The number of halogens is 1. The molecule has 0 N–H and O–H groups in total. The molecule has 0 aromatic carbocycles. The molecule has 0 aliphatic heterocycles. The van der Waals surface area contributed by atoms with E-state index in [0.717, 1.165) is 13.0 Å². The molecule has 2 rings (SSSR count). The van der Waals surface area contributed by atoms with Crippen LogP contribution in [0.25, 0.3) is 11.4 Å². The van der Waals surface area contributed by atoms with E-state index in [4.69, 9.17) is 0 Å². The molecule has 0 aliphatic carbocycles. The number of rotatable bonds is 3. The quantitative estimate of drug-likeness (QED) is 0.770. The Morgan fingerprint density at radius 2 is 2.33 bits per heavy atom. The second kappa shape index (κ2) is 4.16. The van der Waals surface area contributed by atoms with E-state index in [9.17, 15) is 4.39 Å². The van der Waals surface area contributed by atoms with Gasteiger partial charge in [-0.15, -0.1) is 10.2 Å². The molecular formula is C10H11FN4. The van der Waals surface area contributed by atoms with Crippen LogP contribution in [0.1, 0.15) is 13.3 Å². The summed E-state index contributed by atoms with van der Waals surface area (Å²) in [5.74, 6) is 0.180. The van der Waals surface area contributed by atoms with Crippen molar-refractivity contribution in [3.8, 4) is 11.4 Å². The molecule has 0 bridgehead atoms. The summed E-state index contributed by atoms with van der Waals surface area (Å²) in [6.07, 6.45) is 5.29. The molecule has 2 aromatic heterocycles. The van der Waals surface area contributed by atoms with Gasteiger partial charge in [0.15, 0.2) is 11.6 Å². The third-order valence-electron chi connectivity index (χ3n) is 2.09. The van der Waals surface area contributed by atoms with E-state index >= 15 is 0 Å². The van der Waals surface area contributed by atoms with Gasteiger partial charge in [0, 0.05) is 12.7 Å². The average molecular weight is 206 g/mol. The molecule has 0 amide bonds. The smallest absolute Gasteiger partial charge is 0.166 e. The van der Waals surface area contributed by atoms with Gasteiger partial charge in [0.25, 0.3) is 0 Å². The maximum atomic E-state index is 13.4. The zero-order valence-electron chi connectivity index (χ0n) is 8.39. The Balaban J connectivity index is 2.45. The van der Waals surface area contributed by atoms with E-state index in [1.54, 1.807) is 18.6 Å². The van der Waals surface area contributed by atoms with E-state index in [2.05, 4.69) is 15.2 Å². The van der Waals surface area contributed by atoms with E-state index < -0.39 is 0 Å². The van der Waals surface area contributed by atoms with Gasteiger partial charge >= 0.3 is 0 Å². The van der Waals surface area contributed by atoms with Crippen molar-refractivity contribution in [2.75, 3.05) is 0 Å². The first-order valence-corrected chi connectivity index (χ1v) is 4.80. The third kappa shape index (κ3) is 1.86. The van der Waals surface area contributed by atoms with Crippen molar-refractivity contribution >= 4 is 0 Å². The summed E-state index contributed by atoms with van der Waals surface area (Å²) in [7, 11) is 0.